The Hall–Kier alpha value is -0.300. The fraction of sp³-hybridized carbons (Fsp3) is 0.800. The summed E-state index contributed by atoms with van der Waals surface area (Å²) in [5, 5.41) is 0. The van der Waals surface area contributed by atoms with Gasteiger partial charge in [0.05, 0.1) is 0 Å². The summed E-state index contributed by atoms with van der Waals surface area (Å²) in [7, 11) is 4.32. The van der Waals surface area contributed by atoms with E-state index in [9.17, 15) is 0 Å². The first-order valence-electron chi connectivity index (χ1n) is 4.49. The van der Waals surface area contributed by atoms with E-state index in [1.54, 1.807) is 5.57 Å². The van der Waals surface area contributed by atoms with Crippen molar-refractivity contribution < 1.29 is 0 Å². The molecular weight excluding hydrogens is 134 g/mol. The van der Waals surface area contributed by atoms with E-state index < -0.39 is 0 Å². The molecule has 1 unspecified atom stereocenters. The maximum atomic E-state index is 2.40. The van der Waals surface area contributed by atoms with Gasteiger partial charge in [0.25, 0.3) is 0 Å². The van der Waals surface area contributed by atoms with E-state index in [0.717, 1.165) is 5.92 Å². The molecule has 0 aromatic rings. The third kappa shape index (κ3) is 3.06. The maximum absolute atomic E-state index is 2.40. The second kappa shape index (κ2) is 3.91. The summed E-state index contributed by atoms with van der Waals surface area (Å²) in [6.07, 6.45) is 6.40. The van der Waals surface area contributed by atoms with Crippen LogP contribution in [0.5, 0.6) is 0 Å². The summed E-state index contributed by atoms with van der Waals surface area (Å²) in [5.41, 5.74) is 1.58. The molecule has 1 rings (SSSR count). The Balaban J connectivity index is 2.29. The smallest absolute Gasteiger partial charge is 0.000663 e. The van der Waals surface area contributed by atoms with Gasteiger partial charge in [-0.15, -0.1) is 0 Å². The Bertz CT molecular complexity index is 147. The number of nitrogens with zero attached hydrogens (tertiary/aromatic N) is 1. The van der Waals surface area contributed by atoms with Crippen molar-refractivity contribution in [1.29, 1.82) is 0 Å². The van der Waals surface area contributed by atoms with Gasteiger partial charge in [0.1, 0.15) is 0 Å². The van der Waals surface area contributed by atoms with Crippen LogP contribution < -0.4 is 0 Å². The monoisotopic (exact) mass is 153 g/mol. The van der Waals surface area contributed by atoms with Crippen LogP contribution in [0.3, 0.4) is 0 Å². The summed E-state index contributed by atoms with van der Waals surface area (Å²) in [6, 6.07) is 0. The summed E-state index contributed by atoms with van der Waals surface area (Å²) in [5.74, 6) is 0.911. The van der Waals surface area contributed by atoms with Crippen LogP contribution in [0.1, 0.15) is 26.2 Å². The third-order valence-corrected chi connectivity index (χ3v) is 2.37. The molecule has 0 aliphatic heterocycles. The normalized spacial score (nSPS) is 25.5. The molecular formula is C10H19N. The molecule has 0 saturated heterocycles. The predicted octanol–water partition coefficient (Wildman–Crippen LogP) is 2.29. The second-order valence-corrected chi connectivity index (χ2v) is 3.95. The molecule has 0 amide bonds. The molecule has 64 valence electrons. The number of hydrogen-bond donors (Lipinski definition) is 0. The van der Waals surface area contributed by atoms with Crippen LogP contribution in [0.2, 0.25) is 0 Å². The van der Waals surface area contributed by atoms with Crippen LogP contribution in [0.25, 0.3) is 0 Å². The lowest BCUT2D eigenvalue weighted by Gasteiger charge is -2.23. The van der Waals surface area contributed by atoms with Gasteiger partial charge in [-0.25, -0.2) is 0 Å². The van der Waals surface area contributed by atoms with Crippen LogP contribution in [0.15, 0.2) is 11.6 Å². The lowest BCUT2D eigenvalue weighted by Crippen LogP contribution is -2.22. The first kappa shape index (κ1) is 8.79. The quantitative estimate of drug-likeness (QED) is 0.550. The van der Waals surface area contributed by atoms with Gasteiger partial charge < -0.3 is 4.90 Å². The van der Waals surface area contributed by atoms with Crippen molar-refractivity contribution in [3.05, 3.63) is 11.6 Å². The number of allylic oxidation sites excluding steroid dienone is 2. The van der Waals surface area contributed by atoms with Crippen molar-refractivity contribution in [2.75, 3.05) is 20.6 Å². The Morgan fingerprint density at radius 2 is 2.27 bits per heavy atom. The van der Waals surface area contributed by atoms with Gasteiger partial charge in [0.2, 0.25) is 0 Å². The van der Waals surface area contributed by atoms with Crippen molar-refractivity contribution in [3.63, 3.8) is 0 Å². The van der Waals surface area contributed by atoms with Crippen LogP contribution >= 0.6 is 0 Å². The molecule has 1 atom stereocenters. The lowest BCUT2D eigenvalue weighted by molar-refractivity contribution is 0.307. The van der Waals surface area contributed by atoms with E-state index in [1.807, 2.05) is 0 Å². The molecule has 0 spiro atoms. The minimum absolute atomic E-state index is 0.911. The van der Waals surface area contributed by atoms with Gasteiger partial charge >= 0.3 is 0 Å². The molecule has 0 N–H and O–H groups in total. The van der Waals surface area contributed by atoms with E-state index in [4.69, 9.17) is 0 Å². The highest BCUT2D eigenvalue weighted by atomic mass is 15.1. The van der Waals surface area contributed by atoms with E-state index in [2.05, 4.69) is 32.0 Å². The fourth-order valence-electron chi connectivity index (χ4n) is 1.70. The van der Waals surface area contributed by atoms with Crippen LogP contribution in [-0.4, -0.2) is 25.5 Å². The molecule has 0 fully saturated rings. The Morgan fingerprint density at radius 3 is 2.73 bits per heavy atom. The molecule has 0 bridgehead atoms. The first-order valence-corrected chi connectivity index (χ1v) is 4.49. The SMILES string of the molecule is CC1=CCC(CN(C)C)CC1. The Morgan fingerprint density at radius 1 is 1.55 bits per heavy atom. The molecule has 0 aromatic carbocycles. The van der Waals surface area contributed by atoms with Crippen molar-refractivity contribution in [2.24, 2.45) is 5.92 Å². The molecule has 1 heteroatoms. The Kier molecular flexibility index (Phi) is 3.13. The van der Waals surface area contributed by atoms with Gasteiger partial charge in [-0.05, 0) is 46.2 Å². The molecule has 0 saturated carbocycles. The van der Waals surface area contributed by atoms with Crippen molar-refractivity contribution >= 4 is 0 Å². The number of hydrogen-bond acceptors (Lipinski definition) is 1. The van der Waals surface area contributed by atoms with E-state index in [0.29, 0.717) is 0 Å². The minimum atomic E-state index is 0.911. The fourth-order valence-corrected chi connectivity index (χ4v) is 1.70. The maximum Gasteiger partial charge on any atom is 0.000663 e. The van der Waals surface area contributed by atoms with Gasteiger partial charge in [-0.2, -0.15) is 0 Å². The average Bonchev–Trinajstić information content (AvgIpc) is 1.93. The molecule has 1 aliphatic rings. The van der Waals surface area contributed by atoms with Crippen molar-refractivity contribution in [1.82, 2.24) is 4.90 Å². The van der Waals surface area contributed by atoms with Gasteiger partial charge in [-0.1, -0.05) is 11.6 Å². The summed E-state index contributed by atoms with van der Waals surface area (Å²) < 4.78 is 0. The minimum Gasteiger partial charge on any atom is -0.309 e. The third-order valence-electron chi connectivity index (χ3n) is 2.37. The summed E-state index contributed by atoms with van der Waals surface area (Å²) in [4.78, 5) is 2.29. The molecule has 11 heavy (non-hydrogen) atoms. The van der Waals surface area contributed by atoms with Crippen LogP contribution in [0.4, 0.5) is 0 Å². The lowest BCUT2D eigenvalue weighted by atomic mass is 9.90. The first-order chi connectivity index (χ1) is 5.18. The predicted molar refractivity (Wildman–Crippen MR) is 49.7 cm³/mol. The van der Waals surface area contributed by atoms with Crippen LogP contribution in [0, 0.1) is 5.92 Å². The number of rotatable bonds is 2. The van der Waals surface area contributed by atoms with Gasteiger partial charge in [0, 0.05) is 6.54 Å². The standard InChI is InChI=1S/C10H19N/c1-9-4-6-10(7-5-9)8-11(2)3/h4,10H,5-8H2,1-3H3. The molecule has 1 aliphatic carbocycles. The summed E-state index contributed by atoms with van der Waals surface area (Å²) >= 11 is 0. The van der Waals surface area contributed by atoms with Crippen molar-refractivity contribution in [2.45, 2.75) is 26.2 Å². The molecule has 1 nitrogen and oxygen atoms in total. The van der Waals surface area contributed by atoms with Crippen molar-refractivity contribution in [3.8, 4) is 0 Å². The summed E-state index contributed by atoms with van der Waals surface area (Å²) in [6.45, 7) is 3.50. The Labute approximate surface area is 70.1 Å². The zero-order valence-corrected chi connectivity index (χ0v) is 7.93. The topological polar surface area (TPSA) is 3.24 Å². The highest BCUT2D eigenvalue weighted by Gasteiger charge is 2.12. The van der Waals surface area contributed by atoms with E-state index in [-0.39, 0.29) is 0 Å². The molecule has 0 heterocycles. The molecule has 0 aromatic heterocycles. The van der Waals surface area contributed by atoms with Gasteiger partial charge in [-0.3, -0.25) is 0 Å². The highest BCUT2D eigenvalue weighted by Crippen LogP contribution is 2.23. The largest absolute Gasteiger partial charge is 0.309 e. The zero-order chi connectivity index (χ0) is 8.27. The van der Waals surface area contributed by atoms with E-state index in [1.165, 1.54) is 25.8 Å². The highest BCUT2D eigenvalue weighted by molar-refractivity contribution is 5.02. The van der Waals surface area contributed by atoms with Crippen LogP contribution in [-0.2, 0) is 0 Å². The average molecular weight is 153 g/mol. The van der Waals surface area contributed by atoms with Gasteiger partial charge in [0.15, 0.2) is 0 Å². The van der Waals surface area contributed by atoms with E-state index >= 15 is 0 Å². The molecule has 0 radical (unpaired) electrons. The second-order valence-electron chi connectivity index (χ2n) is 3.95. The zero-order valence-electron chi connectivity index (χ0n) is 7.93.